The Kier molecular flexibility index (Phi) is 4.52. The lowest BCUT2D eigenvalue weighted by atomic mass is 10.1. The van der Waals surface area contributed by atoms with Gasteiger partial charge in [0, 0.05) is 37.9 Å². The smallest absolute Gasteiger partial charge is 0.345 e. The Labute approximate surface area is 116 Å². The highest BCUT2D eigenvalue weighted by atomic mass is 16.6. The molecule has 0 unspecified atom stereocenters. The molecule has 0 saturated carbocycles. The van der Waals surface area contributed by atoms with Gasteiger partial charge in [0.1, 0.15) is 5.56 Å². The molecule has 0 aromatic heterocycles. The van der Waals surface area contributed by atoms with Gasteiger partial charge in [-0.3, -0.25) is 10.1 Å². The zero-order valence-electron chi connectivity index (χ0n) is 11.3. The number of nitro groups is 1. The maximum absolute atomic E-state index is 11.8. The third-order valence-corrected chi connectivity index (χ3v) is 3.15. The number of nitrogens with zero attached hydrogens (tertiary/aromatic N) is 2. The summed E-state index contributed by atoms with van der Waals surface area (Å²) in [6.45, 7) is 5.18. The number of rotatable bonds is 4. The minimum absolute atomic E-state index is 0.00730. The molecule has 108 valence electrons. The largest absolute Gasteiger partial charge is 0.462 e. The molecule has 1 aliphatic heterocycles. The van der Waals surface area contributed by atoms with Gasteiger partial charge in [-0.25, -0.2) is 4.79 Å². The molecule has 1 heterocycles. The number of benzene rings is 1. The third kappa shape index (κ3) is 3.05. The van der Waals surface area contributed by atoms with Crippen molar-refractivity contribution < 1.29 is 14.5 Å². The molecule has 7 heteroatoms. The van der Waals surface area contributed by atoms with Crippen LogP contribution in [0.4, 0.5) is 11.4 Å². The Balaban J connectivity index is 2.34. The molecule has 1 N–H and O–H groups in total. The van der Waals surface area contributed by atoms with Crippen LogP contribution in [0.3, 0.4) is 0 Å². The first kappa shape index (κ1) is 14.3. The highest BCUT2D eigenvalue weighted by molar-refractivity contribution is 5.95. The molecule has 0 spiro atoms. The van der Waals surface area contributed by atoms with Crippen molar-refractivity contribution >= 4 is 17.3 Å². The SMILES string of the molecule is CCOC(=O)c1cc(N2CCNCC2)ccc1[N+](=O)[O-]. The fraction of sp³-hybridized carbons (Fsp3) is 0.462. The lowest BCUT2D eigenvalue weighted by molar-refractivity contribution is -0.385. The molecule has 7 nitrogen and oxygen atoms in total. The second-order valence-electron chi connectivity index (χ2n) is 4.42. The zero-order valence-corrected chi connectivity index (χ0v) is 11.3. The number of ether oxygens (including phenoxy) is 1. The predicted octanol–water partition coefficient (Wildman–Crippen LogP) is 1.18. The van der Waals surface area contributed by atoms with Crippen molar-refractivity contribution in [1.29, 1.82) is 0 Å². The molecule has 0 bridgehead atoms. The van der Waals surface area contributed by atoms with E-state index in [0.29, 0.717) is 0 Å². The number of esters is 1. The summed E-state index contributed by atoms with van der Waals surface area (Å²) in [4.78, 5) is 24.4. The molecule has 0 amide bonds. The van der Waals surface area contributed by atoms with E-state index in [0.717, 1.165) is 31.9 Å². The van der Waals surface area contributed by atoms with Gasteiger partial charge in [-0.1, -0.05) is 0 Å². The summed E-state index contributed by atoms with van der Waals surface area (Å²) >= 11 is 0. The summed E-state index contributed by atoms with van der Waals surface area (Å²) in [5, 5.41) is 14.2. The molecule has 0 aliphatic carbocycles. The van der Waals surface area contributed by atoms with Crippen molar-refractivity contribution in [1.82, 2.24) is 5.32 Å². The first-order valence-corrected chi connectivity index (χ1v) is 6.54. The standard InChI is InChI=1S/C13H17N3O4/c1-2-20-13(17)11-9-10(3-4-12(11)16(18)19)15-7-5-14-6-8-15/h3-4,9,14H,2,5-8H2,1H3. The topological polar surface area (TPSA) is 84.7 Å². The molecular formula is C13H17N3O4. The van der Waals surface area contributed by atoms with Crippen molar-refractivity contribution in [3.05, 3.63) is 33.9 Å². The second kappa shape index (κ2) is 6.33. The fourth-order valence-electron chi connectivity index (χ4n) is 2.18. The predicted molar refractivity (Wildman–Crippen MR) is 74.1 cm³/mol. The van der Waals surface area contributed by atoms with Crippen LogP contribution in [0.25, 0.3) is 0 Å². The minimum Gasteiger partial charge on any atom is -0.462 e. The van der Waals surface area contributed by atoms with Crippen LogP contribution in [-0.2, 0) is 4.74 Å². The normalized spacial score (nSPS) is 14.9. The Bertz CT molecular complexity index is 512. The lowest BCUT2D eigenvalue weighted by Gasteiger charge is -2.29. The Morgan fingerprint density at radius 2 is 2.15 bits per heavy atom. The molecule has 1 saturated heterocycles. The quantitative estimate of drug-likeness (QED) is 0.506. The van der Waals surface area contributed by atoms with Gasteiger partial charge < -0.3 is 15.0 Å². The van der Waals surface area contributed by atoms with Crippen molar-refractivity contribution in [3.8, 4) is 0 Å². The van der Waals surface area contributed by atoms with E-state index in [1.54, 1.807) is 19.1 Å². The summed E-state index contributed by atoms with van der Waals surface area (Å²) in [6, 6.07) is 4.58. The number of carbonyl (C=O) groups is 1. The molecule has 1 aliphatic rings. The minimum atomic E-state index is -0.656. The lowest BCUT2D eigenvalue weighted by Crippen LogP contribution is -2.43. The van der Waals surface area contributed by atoms with Gasteiger partial charge >= 0.3 is 5.97 Å². The van der Waals surface area contributed by atoms with Crippen LogP contribution in [0.5, 0.6) is 0 Å². The van der Waals surface area contributed by atoms with Crippen molar-refractivity contribution in [3.63, 3.8) is 0 Å². The highest BCUT2D eigenvalue weighted by Crippen LogP contribution is 2.26. The van der Waals surface area contributed by atoms with Crippen LogP contribution in [0.2, 0.25) is 0 Å². The van der Waals surface area contributed by atoms with Crippen LogP contribution in [0.1, 0.15) is 17.3 Å². The summed E-state index contributed by atoms with van der Waals surface area (Å²) in [6.07, 6.45) is 0. The van der Waals surface area contributed by atoms with E-state index in [9.17, 15) is 14.9 Å². The van der Waals surface area contributed by atoms with Crippen molar-refractivity contribution in [2.24, 2.45) is 0 Å². The molecule has 1 aromatic carbocycles. The number of anilines is 1. The van der Waals surface area contributed by atoms with E-state index in [-0.39, 0.29) is 17.9 Å². The van der Waals surface area contributed by atoms with Crippen LogP contribution in [0.15, 0.2) is 18.2 Å². The van der Waals surface area contributed by atoms with E-state index in [2.05, 4.69) is 10.2 Å². The second-order valence-corrected chi connectivity index (χ2v) is 4.42. The Hall–Kier alpha value is -2.15. The number of piperazine rings is 1. The van der Waals surface area contributed by atoms with Crippen LogP contribution < -0.4 is 10.2 Å². The molecule has 1 fully saturated rings. The third-order valence-electron chi connectivity index (χ3n) is 3.15. The average molecular weight is 279 g/mol. The molecule has 0 radical (unpaired) electrons. The first-order chi connectivity index (χ1) is 9.63. The van der Waals surface area contributed by atoms with E-state index in [1.165, 1.54) is 6.07 Å². The molecule has 2 rings (SSSR count). The zero-order chi connectivity index (χ0) is 14.5. The number of nitrogens with one attached hydrogen (secondary N) is 1. The van der Waals surface area contributed by atoms with Crippen molar-refractivity contribution in [2.45, 2.75) is 6.92 Å². The number of hydrogen-bond donors (Lipinski definition) is 1. The average Bonchev–Trinajstić information content (AvgIpc) is 2.47. The van der Waals surface area contributed by atoms with E-state index >= 15 is 0 Å². The Morgan fingerprint density at radius 1 is 1.45 bits per heavy atom. The fourth-order valence-corrected chi connectivity index (χ4v) is 2.18. The molecule has 1 aromatic rings. The maximum Gasteiger partial charge on any atom is 0.345 e. The van der Waals surface area contributed by atoms with Gasteiger partial charge in [-0.15, -0.1) is 0 Å². The number of hydrogen-bond acceptors (Lipinski definition) is 6. The Morgan fingerprint density at radius 3 is 2.75 bits per heavy atom. The summed E-state index contributed by atoms with van der Waals surface area (Å²) in [7, 11) is 0. The number of nitro benzene ring substituents is 1. The summed E-state index contributed by atoms with van der Waals surface area (Å²) in [5.74, 6) is -0.656. The van der Waals surface area contributed by atoms with E-state index in [1.807, 2.05) is 0 Å². The van der Waals surface area contributed by atoms with Gasteiger partial charge in [-0.2, -0.15) is 0 Å². The summed E-state index contributed by atoms with van der Waals surface area (Å²) < 4.78 is 4.89. The van der Waals surface area contributed by atoms with Gasteiger partial charge in [0.25, 0.3) is 5.69 Å². The maximum atomic E-state index is 11.8. The summed E-state index contributed by atoms with van der Waals surface area (Å²) in [5.41, 5.74) is 0.593. The molecule has 20 heavy (non-hydrogen) atoms. The number of carbonyl (C=O) groups excluding carboxylic acids is 1. The molecule has 0 atom stereocenters. The van der Waals surface area contributed by atoms with Crippen LogP contribution in [0, 0.1) is 10.1 Å². The van der Waals surface area contributed by atoms with E-state index in [4.69, 9.17) is 4.74 Å². The van der Waals surface area contributed by atoms with Gasteiger partial charge in [0.05, 0.1) is 11.5 Å². The van der Waals surface area contributed by atoms with Gasteiger partial charge in [0.15, 0.2) is 0 Å². The molecular weight excluding hydrogens is 262 g/mol. The van der Waals surface area contributed by atoms with Crippen molar-refractivity contribution in [2.75, 3.05) is 37.7 Å². The van der Waals surface area contributed by atoms with E-state index < -0.39 is 10.9 Å². The van der Waals surface area contributed by atoms with Crippen LogP contribution >= 0.6 is 0 Å². The van der Waals surface area contributed by atoms with Gasteiger partial charge in [-0.05, 0) is 19.1 Å². The van der Waals surface area contributed by atoms with Crippen LogP contribution in [-0.4, -0.2) is 43.7 Å². The highest BCUT2D eigenvalue weighted by Gasteiger charge is 2.23. The van der Waals surface area contributed by atoms with Gasteiger partial charge in [0.2, 0.25) is 0 Å². The monoisotopic (exact) mass is 279 g/mol. The first-order valence-electron chi connectivity index (χ1n) is 6.54.